The monoisotopic (exact) mass is 336 g/mol. The molecule has 0 aliphatic carbocycles. The van der Waals surface area contributed by atoms with E-state index in [-0.39, 0.29) is 11.7 Å². The number of ether oxygens (including phenoxy) is 1. The second-order valence-corrected chi connectivity index (χ2v) is 6.02. The van der Waals surface area contributed by atoms with Crippen LogP contribution < -0.4 is 10.1 Å². The zero-order valence-corrected chi connectivity index (χ0v) is 13.8. The molecule has 1 amide bonds. The van der Waals surface area contributed by atoms with Gasteiger partial charge in [0.05, 0.1) is 11.2 Å². The number of benzene rings is 2. The Hall–Kier alpha value is -3.22. The SMILES string of the molecule is CC1Oc2ccc(C(=O)C(C)n3nnc4ccccc43)cc2NC1=O. The van der Waals surface area contributed by atoms with E-state index in [9.17, 15) is 9.59 Å². The number of hydrogen-bond acceptors (Lipinski definition) is 5. The van der Waals surface area contributed by atoms with Crippen LogP contribution in [0.3, 0.4) is 0 Å². The van der Waals surface area contributed by atoms with Crippen molar-refractivity contribution in [1.29, 1.82) is 0 Å². The van der Waals surface area contributed by atoms with E-state index in [0.29, 0.717) is 17.0 Å². The van der Waals surface area contributed by atoms with Crippen molar-refractivity contribution in [2.75, 3.05) is 5.32 Å². The van der Waals surface area contributed by atoms with Crippen LogP contribution in [0.4, 0.5) is 5.69 Å². The lowest BCUT2D eigenvalue weighted by molar-refractivity contribution is -0.122. The van der Waals surface area contributed by atoms with Gasteiger partial charge in [0, 0.05) is 5.56 Å². The predicted molar refractivity (Wildman–Crippen MR) is 91.7 cm³/mol. The maximum Gasteiger partial charge on any atom is 0.265 e. The molecule has 0 spiro atoms. The molecule has 0 saturated carbocycles. The molecule has 4 rings (SSSR count). The number of nitrogens with one attached hydrogen (secondary N) is 1. The molecule has 0 fully saturated rings. The first kappa shape index (κ1) is 15.3. The Morgan fingerprint density at radius 1 is 1.28 bits per heavy atom. The fourth-order valence-corrected chi connectivity index (χ4v) is 2.89. The first-order valence-electron chi connectivity index (χ1n) is 8.00. The molecule has 1 aliphatic rings. The second-order valence-electron chi connectivity index (χ2n) is 6.02. The van der Waals surface area contributed by atoms with Gasteiger partial charge in [-0.05, 0) is 44.2 Å². The number of para-hydroxylation sites is 1. The van der Waals surface area contributed by atoms with Gasteiger partial charge in [0.15, 0.2) is 11.9 Å². The van der Waals surface area contributed by atoms with E-state index in [2.05, 4.69) is 15.6 Å². The summed E-state index contributed by atoms with van der Waals surface area (Å²) in [6.45, 7) is 3.45. The van der Waals surface area contributed by atoms with Crippen LogP contribution in [-0.2, 0) is 4.79 Å². The lowest BCUT2D eigenvalue weighted by Crippen LogP contribution is -2.34. The van der Waals surface area contributed by atoms with Crippen molar-refractivity contribution in [3.63, 3.8) is 0 Å². The number of nitrogens with zero attached hydrogens (tertiary/aromatic N) is 3. The van der Waals surface area contributed by atoms with Gasteiger partial charge in [-0.2, -0.15) is 0 Å². The minimum absolute atomic E-state index is 0.119. The van der Waals surface area contributed by atoms with E-state index in [1.807, 2.05) is 24.3 Å². The van der Waals surface area contributed by atoms with Crippen molar-refractivity contribution in [3.8, 4) is 5.75 Å². The number of carbonyl (C=O) groups excluding carboxylic acids is 2. The van der Waals surface area contributed by atoms with Crippen LogP contribution in [0.2, 0.25) is 0 Å². The Bertz CT molecular complexity index is 995. The van der Waals surface area contributed by atoms with Crippen LogP contribution in [0.15, 0.2) is 42.5 Å². The smallest absolute Gasteiger partial charge is 0.265 e. The molecule has 1 aliphatic heterocycles. The number of ketones is 1. The van der Waals surface area contributed by atoms with Gasteiger partial charge in [0.25, 0.3) is 5.91 Å². The zero-order chi connectivity index (χ0) is 17.6. The van der Waals surface area contributed by atoms with Crippen molar-refractivity contribution in [2.24, 2.45) is 0 Å². The van der Waals surface area contributed by atoms with Crippen molar-refractivity contribution in [1.82, 2.24) is 15.0 Å². The lowest BCUT2D eigenvalue weighted by atomic mass is 10.0. The Labute approximate surface area is 143 Å². The molecule has 2 atom stereocenters. The van der Waals surface area contributed by atoms with E-state index >= 15 is 0 Å². The normalized spacial score (nSPS) is 17.5. The van der Waals surface area contributed by atoms with E-state index in [1.165, 1.54) is 0 Å². The summed E-state index contributed by atoms with van der Waals surface area (Å²) in [5, 5.41) is 10.9. The minimum atomic E-state index is -0.547. The summed E-state index contributed by atoms with van der Waals surface area (Å²) in [5.74, 6) is 0.209. The summed E-state index contributed by atoms with van der Waals surface area (Å²) < 4.78 is 7.12. The summed E-state index contributed by atoms with van der Waals surface area (Å²) in [5.41, 5.74) is 2.52. The molecule has 126 valence electrons. The van der Waals surface area contributed by atoms with Crippen LogP contribution in [0, 0.1) is 0 Å². The highest BCUT2D eigenvalue weighted by molar-refractivity contribution is 6.03. The summed E-state index contributed by atoms with van der Waals surface area (Å²) in [7, 11) is 0. The standard InChI is InChI=1S/C18H16N4O3/c1-10(22-15-6-4-3-5-13(15)20-21-22)17(23)12-7-8-16-14(9-12)19-18(24)11(2)25-16/h3-11H,1-2H3,(H,19,24). The molecule has 2 aromatic carbocycles. The lowest BCUT2D eigenvalue weighted by Gasteiger charge is -2.23. The highest BCUT2D eigenvalue weighted by Gasteiger charge is 2.26. The van der Waals surface area contributed by atoms with Gasteiger partial charge in [0.2, 0.25) is 0 Å². The maximum absolute atomic E-state index is 12.9. The number of amides is 1. The van der Waals surface area contributed by atoms with Crippen molar-refractivity contribution >= 4 is 28.4 Å². The molecule has 7 nitrogen and oxygen atoms in total. The number of hydrogen-bond donors (Lipinski definition) is 1. The van der Waals surface area contributed by atoms with Gasteiger partial charge in [-0.3, -0.25) is 9.59 Å². The molecule has 2 unspecified atom stereocenters. The maximum atomic E-state index is 12.9. The van der Waals surface area contributed by atoms with Crippen molar-refractivity contribution in [2.45, 2.75) is 26.0 Å². The molecule has 3 aromatic rings. The Kier molecular flexibility index (Phi) is 3.49. The Balaban J connectivity index is 1.67. The Morgan fingerprint density at radius 2 is 2.08 bits per heavy atom. The number of fused-ring (bicyclic) bond motifs is 2. The van der Waals surface area contributed by atoms with Crippen LogP contribution in [0.1, 0.15) is 30.2 Å². The molecule has 1 aromatic heterocycles. The van der Waals surface area contributed by atoms with Gasteiger partial charge in [-0.25, -0.2) is 4.68 Å². The molecule has 0 bridgehead atoms. The van der Waals surface area contributed by atoms with E-state index in [1.54, 1.807) is 36.7 Å². The first-order chi connectivity index (χ1) is 12.0. The summed E-state index contributed by atoms with van der Waals surface area (Å²) in [4.78, 5) is 24.6. The molecule has 0 saturated heterocycles. The molecular weight excluding hydrogens is 320 g/mol. The molecule has 25 heavy (non-hydrogen) atoms. The van der Waals surface area contributed by atoms with E-state index in [4.69, 9.17) is 4.74 Å². The Morgan fingerprint density at radius 3 is 2.92 bits per heavy atom. The minimum Gasteiger partial charge on any atom is -0.479 e. The predicted octanol–water partition coefficient (Wildman–Crippen LogP) is 2.59. The van der Waals surface area contributed by atoms with Crippen molar-refractivity contribution in [3.05, 3.63) is 48.0 Å². The summed E-state index contributed by atoms with van der Waals surface area (Å²) in [6, 6.07) is 12.0. The average Bonchev–Trinajstić information content (AvgIpc) is 3.05. The zero-order valence-electron chi connectivity index (χ0n) is 13.8. The third kappa shape index (κ3) is 2.53. The van der Waals surface area contributed by atoms with Gasteiger partial charge < -0.3 is 10.1 Å². The van der Waals surface area contributed by atoms with Crippen LogP contribution in [0.5, 0.6) is 5.75 Å². The molecule has 1 N–H and O–H groups in total. The molecule has 2 heterocycles. The number of Topliss-reactive ketones (excluding diaryl/α,β-unsaturated/α-hetero) is 1. The number of carbonyl (C=O) groups is 2. The highest BCUT2D eigenvalue weighted by atomic mass is 16.5. The fraction of sp³-hybridized carbons (Fsp3) is 0.222. The fourth-order valence-electron chi connectivity index (χ4n) is 2.89. The quantitative estimate of drug-likeness (QED) is 0.743. The number of anilines is 1. The largest absolute Gasteiger partial charge is 0.479 e. The van der Waals surface area contributed by atoms with Crippen LogP contribution in [-0.4, -0.2) is 32.8 Å². The van der Waals surface area contributed by atoms with Gasteiger partial charge in [-0.1, -0.05) is 17.3 Å². The van der Waals surface area contributed by atoms with Gasteiger partial charge in [-0.15, -0.1) is 5.10 Å². The summed E-state index contributed by atoms with van der Waals surface area (Å²) in [6.07, 6.45) is -0.547. The third-order valence-electron chi connectivity index (χ3n) is 4.32. The topological polar surface area (TPSA) is 86.1 Å². The first-order valence-corrected chi connectivity index (χ1v) is 8.00. The highest BCUT2D eigenvalue weighted by Crippen LogP contribution is 2.31. The van der Waals surface area contributed by atoms with Crippen LogP contribution in [0.25, 0.3) is 11.0 Å². The third-order valence-corrected chi connectivity index (χ3v) is 4.32. The number of aromatic nitrogens is 3. The van der Waals surface area contributed by atoms with Crippen molar-refractivity contribution < 1.29 is 14.3 Å². The summed E-state index contributed by atoms with van der Waals surface area (Å²) >= 11 is 0. The molecule has 0 radical (unpaired) electrons. The van der Waals surface area contributed by atoms with E-state index in [0.717, 1.165) is 11.0 Å². The molecular formula is C18H16N4O3. The van der Waals surface area contributed by atoms with Gasteiger partial charge >= 0.3 is 0 Å². The molecule has 7 heteroatoms. The second kappa shape index (κ2) is 5.70. The average molecular weight is 336 g/mol. The van der Waals surface area contributed by atoms with E-state index < -0.39 is 12.1 Å². The van der Waals surface area contributed by atoms with Gasteiger partial charge in [0.1, 0.15) is 17.3 Å². The number of rotatable bonds is 3. The van der Waals surface area contributed by atoms with Crippen LogP contribution >= 0.6 is 0 Å².